The number of piperazine rings is 1. The van der Waals surface area contributed by atoms with Crippen LogP contribution in [0.5, 0.6) is 0 Å². The molecule has 1 unspecified atom stereocenters. The summed E-state index contributed by atoms with van der Waals surface area (Å²) in [4.78, 5) is 16.8. The van der Waals surface area contributed by atoms with Crippen LogP contribution < -0.4 is 5.73 Å². The van der Waals surface area contributed by atoms with Crippen LogP contribution in [0.25, 0.3) is 0 Å². The summed E-state index contributed by atoms with van der Waals surface area (Å²) in [6, 6.07) is 0.752. The number of oxime groups is 1. The number of hydrogen-bond acceptors (Lipinski definition) is 4. The Kier molecular flexibility index (Phi) is 4.29. The van der Waals surface area contributed by atoms with Crippen molar-refractivity contribution in [3.63, 3.8) is 0 Å². The van der Waals surface area contributed by atoms with Crippen LogP contribution in [0.2, 0.25) is 0 Å². The third kappa shape index (κ3) is 3.18. The summed E-state index contributed by atoms with van der Waals surface area (Å²) >= 11 is 0. The summed E-state index contributed by atoms with van der Waals surface area (Å²) in [7, 11) is 0. The van der Waals surface area contributed by atoms with Gasteiger partial charge in [-0.15, -0.1) is 0 Å². The van der Waals surface area contributed by atoms with E-state index in [0.29, 0.717) is 0 Å². The van der Waals surface area contributed by atoms with Crippen LogP contribution in [0, 0.1) is 11.8 Å². The second kappa shape index (κ2) is 5.77. The Hall–Kier alpha value is -1.30. The number of carbonyl (C=O) groups excluding carboxylic acids is 1. The second-order valence-corrected chi connectivity index (χ2v) is 5.84. The van der Waals surface area contributed by atoms with Gasteiger partial charge < -0.3 is 15.8 Å². The SMILES string of the molecule is CC(C)C(C(=O)N1CCN(C2CC2)CC1)C(N)=NO. The number of nitrogens with two attached hydrogens (primary N) is 1. The molecule has 2 aliphatic rings. The number of carbonyl (C=O) groups is 1. The fourth-order valence-electron chi connectivity index (χ4n) is 2.76. The highest BCUT2D eigenvalue weighted by Gasteiger charge is 2.35. The van der Waals surface area contributed by atoms with Crippen molar-refractivity contribution >= 4 is 11.7 Å². The zero-order valence-electron chi connectivity index (χ0n) is 11.7. The molecular weight excluding hydrogens is 244 g/mol. The molecule has 0 aromatic heterocycles. The maximum absolute atomic E-state index is 12.5. The first-order chi connectivity index (χ1) is 9.04. The Morgan fingerprint density at radius 1 is 1.26 bits per heavy atom. The van der Waals surface area contributed by atoms with E-state index in [0.717, 1.165) is 32.2 Å². The average molecular weight is 268 g/mol. The first kappa shape index (κ1) is 14.1. The summed E-state index contributed by atoms with van der Waals surface area (Å²) in [5.74, 6) is -0.479. The molecule has 3 N–H and O–H groups in total. The first-order valence-corrected chi connectivity index (χ1v) is 7.05. The first-order valence-electron chi connectivity index (χ1n) is 7.05. The van der Waals surface area contributed by atoms with Crippen molar-refractivity contribution in [2.45, 2.75) is 32.7 Å². The van der Waals surface area contributed by atoms with E-state index in [1.54, 1.807) is 0 Å². The van der Waals surface area contributed by atoms with Crippen molar-refractivity contribution in [2.75, 3.05) is 26.2 Å². The molecular formula is C13H24N4O2. The van der Waals surface area contributed by atoms with Crippen molar-refractivity contribution in [3.05, 3.63) is 0 Å². The van der Waals surface area contributed by atoms with E-state index in [1.165, 1.54) is 12.8 Å². The van der Waals surface area contributed by atoms with Crippen molar-refractivity contribution < 1.29 is 10.0 Å². The topological polar surface area (TPSA) is 82.2 Å². The Morgan fingerprint density at radius 2 is 1.84 bits per heavy atom. The lowest BCUT2D eigenvalue weighted by atomic mass is 9.93. The minimum Gasteiger partial charge on any atom is -0.409 e. The molecule has 2 fully saturated rings. The average Bonchev–Trinajstić information content (AvgIpc) is 3.22. The molecule has 0 aromatic carbocycles. The van der Waals surface area contributed by atoms with Gasteiger partial charge in [0, 0.05) is 32.2 Å². The number of amidine groups is 1. The van der Waals surface area contributed by atoms with Crippen molar-refractivity contribution in [1.29, 1.82) is 0 Å². The molecule has 1 saturated carbocycles. The lowest BCUT2D eigenvalue weighted by molar-refractivity contribution is -0.136. The Labute approximate surface area is 114 Å². The molecule has 1 saturated heterocycles. The normalized spacial score (nSPS) is 23.7. The van der Waals surface area contributed by atoms with Crippen LogP contribution in [0.4, 0.5) is 0 Å². The minimum absolute atomic E-state index is 0.0132. The smallest absolute Gasteiger partial charge is 0.233 e. The summed E-state index contributed by atoms with van der Waals surface area (Å²) in [6.07, 6.45) is 2.60. The molecule has 1 aliphatic carbocycles. The molecule has 0 radical (unpaired) electrons. The minimum atomic E-state index is -0.516. The van der Waals surface area contributed by atoms with Crippen molar-refractivity contribution in [2.24, 2.45) is 22.7 Å². The Balaban J connectivity index is 1.94. The number of nitrogens with zero attached hydrogens (tertiary/aromatic N) is 3. The molecule has 1 amide bonds. The van der Waals surface area contributed by atoms with Gasteiger partial charge in [0.05, 0.1) is 0 Å². The molecule has 6 heteroatoms. The maximum Gasteiger partial charge on any atom is 0.233 e. The zero-order valence-corrected chi connectivity index (χ0v) is 11.7. The highest BCUT2D eigenvalue weighted by molar-refractivity contribution is 6.02. The van der Waals surface area contributed by atoms with Crippen LogP contribution in [-0.4, -0.2) is 59.0 Å². The lowest BCUT2D eigenvalue weighted by Crippen LogP contribution is -2.53. The van der Waals surface area contributed by atoms with E-state index in [1.807, 2.05) is 18.7 Å². The van der Waals surface area contributed by atoms with E-state index in [4.69, 9.17) is 10.9 Å². The van der Waals surface area contributed by atoms with Crippen LogP contribution in [0.15, 0.2) is 5.16 Å². The van der Waals surface area contributed by atoms with Gasteiger partial charge in [0.15, 0.2) is 5.84 Å². The van der Waals surface area contributed by atoms with Crippen LogP contribution in [0.3, 0.4) is 0 Å². The molecule has 108 valence electrons. The van der Waals surface area contributed by atoms with Crippen LogP contribution in [0.1, 0.15) is 26.7 Å². The van der Waals surface area contributed by atoms with Crippen molar-refractivity contribution in [1.82, 2.24) is 9.80 Å². The van der Waals surface area contributed by atoms with Gasteiger partial charge in [0.2, 0.25) is 5.91 Å². The van der Waals surface area contributed by atoms with Gasteiger partial charge in [-0.3, -0.25) is 9.69 Å². The molecule has 1 atom stereocenters. The van der Waals surface area contributed by atoms with E-state index in [9.17, 15) is 4.79 Å². The van der Waals surface area contributed by atoms with Gasteiger partial charge in [0.25, 0.3) is 0 Å². The third-order valence-electron chi connectivity index (χ3n) is 4.06. The predicted molar refractivity (Wildman–Crippen MR) is 72.9 cm³/mol. The van der Waals surface area contributed by atoms with Gasteiger partial charge in [0.1, 0.15) is 5.92 Å². The van der Waals surface area contributed by atoms with Crippen LogP contribution in [-0.2, 0) is 4.79 Å². The zero-order chi connectivity index (χ0) is 14.0. The molecule has 0 bridgehead atoms. The van der Waals surface area contributed by atoms with E-state index in [2.05, 4.69) is 10.1 Å². The number of amides is 1. The Bertz CT molecular complexity index is 358. The molecule has 0 aromatic rings. The Morgan fingerprint density at radius 3 is 2.26 bits per heavy atom. The maximum atomic E-state index is 12.5. The molecule has 1 heterocycles. The fourth-order valence-corrected chi connectivity index (χ4v) is 2.76. The van der Waals surface area contributed by atoms with Gasteiger partial charge in [-0.05, 0) is 18.8 Å². The lowest BCUT2D eigenvalue weighted by Gasteiger charge is -2.37. The van der Waals surface area contributed by atoms with Gasteiger partial charge in [-0.2, -0.15) is 0 Å². The molecule has 1 aliphatic heterocycles. The van der Waals surface area contributed by atoms with Gasteiger partial charge in [-0.1, -0.05) is 19.0 Å². The monoisotopic (exact) mass is 268 g/mol. The predicted octanol–water partition coefficient (Wildman–Crippen LogP) is 0.312. The molecule has 0 spiro atoms. The summed E-state index contributed by atoms with van der Waals surface area (Å²) < 4.78 is 0. The van der Waals surface area contributed by atoms with Crippen molar-refractivity contribution in [3.8, 4) is 0 Å². The van der Waals surface area contributed by atoms with Gasteiger partial charge in [-0.25, -0.2) is 0 Å². The highest BCUT2D eigenvalue weighted by Crippen LogP contribution is 2.28. The molecule has 19 heavy (non-hydrogen) atoms. The quantitative estimate of drug-likeness (QED) is 0.333. The summed E-state index contributed by atoms with van der Waals surface area (Å²) in [5.41, 5.74) is 5.65. The highest BCUT2D eigenvalue weighted by atomic mass is 16.4. The van der Waals surface area contributed by atoms with E-state index < -0.39 is 5.92 Å². The standard InChI is InChI=1S/C13H24N4O2/c1-9(2)11(12(14)15-19)13(18)17-7-5-16(6-8-17)10-3-4-10/h9-11,19H,3-8H2,1-2H3,(H2,14,15). The van der Waals surface area contributed by atoms with Crippen LogP contribution >= 0.6 is 0 Å². The van der Waals surface area contributed by atoms with Gasteiger partial charge >= 0.3 is 0 Å². The second-order valence-electron chi connectivity index (χ2n) is 5.84. The fraction of sp³-hybridized carbons (Fsp3) is 0.846. The molecule has 6 nitrogen and oxygen atoms in total. The summed E-state index contributed by atoms with van der Waals surface area (Å²) in [6.45, 7) is 7.21. The van der Waals surface area contributed by atoms with E-state index in [-0.39, 0.29) is 17.7 Å². The number of hydrogen-bond donors (Lipinski definition) is 2. The van der Waals surface area contributed by atoms with E-state index >= 15 is 0 Å². The largest absolute Gasteiger partial charge is 0.409 e. The molecule has 2 rings (SSSR count). The number of rotatable bonds is 4. The third-order valence-corrected chi connectivity index (χ3v) is 4.06. The summed E-state index contributed by atoms with van der Waals surface area (Å²) in [5, 5.41) is 11.8.